The van der Waals surface area contributed by atoms with Gasteiger partial charge in [-0.2, -0.15) is 21.7 Å². The van der Waals surface area contributed by atoms with Gasteiger partial charge in [-0.3, -0.25) is 9.69 Å². The molecular formula is C30H36N6O3S. The average molecular weight is 561 g/mol. The maximum absolute atomic E-state index is 12.1. The van der Waals surface area contributed by atoms with Crippen LogP contribution in [0.3, 0.4) is 0 Å². The number of aromatic hydroxyl groups is 1. The van der Waals surface area contributed by atoms with Crippen molar-refractivity contribution in [2.24, 2.45) is 0 Å². The largest absolute Gasteiger partial charge is 0.508 e. The van der Waals surface area contributed by atoms with E-state index < -0.39 is 0 Å². The molecule has 0 saturated carbocycles. The number of hydrogen-bond acceptors (Lipinski definition) is 9. The SMILES string of the molecule is C=CC(=O)N1CCN(c2nc(OCCN3CCSCC3)nc3c2CCN(c2cc(O)cc4ccccc24)C3)CC1. The predicted octanol–water partition coefficient (Wildman–Crippen LogP) is 3.16. The number of amides is 1. The zero-order valence-electron chi connectivity index (χ0n) is 22.8. The number of fused-ring (bicyclic) bond motifs is 2. The molecule has 0 aliphatic carbocycles. The summed E-state index contributed by atoms with van der Waals surface area (Å²) in [5, 5.41) is 12.6. The fraction of sp³-hybridized carbons (Fsp3) is 0.433. The summed E-state index contributed by atoms with van der Waals surface area (Å²) in [6.45, 7) is 11.3. The molecule has 10 heteroatoms. The number of hydrogen-bond donors (Lipinski definition) is 1. The van der Waals surface area contributed by atoms with Crippen LogP contribution < -0.4 is 14.5 Å². The molecule has 1 amide bonds. The molecular weight excluding hydrogens is 524 g/mol. The molecule has 3 aliphatic rings. The minimum absolute atomic E-state index is 0.0292. The summed E-state index contributed by atoms with van der Waals surface area (Å²) in [5.41, 5.74) is 3.10. The molecule has 3 aliphatic heterocycles. The summed E-state index contributed by atoms with van der Waals surface area (Å²) < 4.78 is 6.18. The molecule has 1 aromatic heterocycles. The summed E-state index contributed by atoms with van der Waals surface area (Å²) in [7, 11) is 0. The van der Waals surface area contributed by atoms with Crippen molar-refractivity contribution in [3.63, 3.8) is 0 Å². The number of carbonyl (C=O) groups is 1. The zero-order valence-corrected chi connectivity index (χ0v) is 23.6. The van der Waals surface area contributed by atoms with Gasteiger partial charge < -0.3 is 24.5 Å². The van der Waals surface area contributed by atoms with E-state index in [-0.39, 0.29) is 11.7 Å². The highest BCUT2D eigenvalue weighted by Gasteiger charge is 2.29. The number of nitrogens with zero attached hydrogens (tertiary/aromatic N) is 6. The van der Waals surface area contributed by atoms with E-state index >= 15 is 0 Å². The van der Waals surface area contributed by atoms with Crippen LogP contribution in [0.15, 0.2) is 49.1 Å². The maximum Gasteiger partial charge on any atom is 0.318 e. The number of rotatable bonds is 7. The molecule has 40 heavy (non-hydrogen) atoms. The van der Waals surface area contributed by atoms with Crippen LogP contribution in [0.4, 0.5) is 11.5 Å². The molecule has 210 valence electrons. The Balaban J connectivity index is 1.27. The summed E-state index contributed by atoms with van der Waals surface area (Å²) >= 11 is 2.00. The number of piperazine rings is 1. The Labute approximate surface area is 239 Å². The van der Waals surface area contributed by atoms with Crippen LogP contribution in [0.25, 0.3) is 10.8 Å². The number of aromatic nitrogens is 2. The molecule has 0 spiro atoms. The first kappa shape index (κ1) is 26.7. The van der Waals surface area contributed by atoms with Crippen LogP contribution in [-0.4, -0.2) is 101 Å². The lowest BCUT2D eigenvalue weighted by Crippen LogP contribution is -2.49. The maximum atomic E-state index is 12.1. The van der Waals surface area contributed by atoms with E-state index in [0.29, 0.717) is 45.3 Å². The third kappa shape index (κ3) is 5.69. The second-order valence-electron chi connectivity index (χ2n) is 10.4. The van der Waals surface area contributed by atoms with E-state index in [1.807, 2.05) is 40.9 Å². The number of anilines is 2. The Bertz CT molecular complexity index is 1390. The van der Waals surface area contributed by atoms with Gasteiger partial charge in [-0.1, -0.05) is 30.8 Å². The van der Waals surface area contributed by atoms with Crippen molar-refractivity contribution in [1.29, 1.82) is 0 Å². The van der Waals surface area contributed by atoms with Gasteiger partial charge in [-0.15, -0.1) is 0 Å². The van der Waals surface area contributed by atoms with Crippen LogP contribution in [0.2, 0.25) is 0 Å². The molecule has 6 rings (SSSR count). The lowest BCUT2D eigenvalue weighted by Gasteiger charge is -2.38. The lowest BCUT2D eigenvalue weighted by molar-refractivity contribution is -0.126. The van der Waals surface area contributed by atoms with E-state index in [1.54, 1.807) is 6.07 Å². The minimum atomic E-state index is -0.0292. The normalized spacial score (nSPS) is 18.1. The molecule has 0 radical (unpaired) electrons. The first-order valence-electron chi connectivity index (χ1n) is 14.0. The van der Waals surface area contributed by atoms with Crippen LogP contribution >= 0.6 is 11.8 Å². The fourth-order valence-electron chi connectivity index (χ4n) is 5.82. The number of benzene rings is 2. The number of phenols is 1. The van der Waals surface area contributed by atoms with E-state index in [4.69, 9.17) is 14.7 Å². The quantitative estimate of drug-likeness (QED) is 0.438. The van der Waals surface area contributed by atoms with Gasteiger partial charge in [0.25, 0.3) is 0 Å². The van der Waals surface area contributed by atoms with Crippen LogP contribution in [-0.2, 0) is 17.8 Å². The van der Waals surface area contributed by atoms with E-state index in [0.717, 1.165) is 66.1 Å². The molecule has 2 aromatic carbocycles. The number of ether oxygens (including phenoxy) is 1. The third-order valence-corrected chi connectivity index (χ3v) is 8.94. The highest BCUT2D eigenvalue weighted by atomic mass is 32.2. The second kappa shape index (κ2) is 11.9. The number of thioether (sulfide) groups is 1. The zero-order chi connectivity index (χ0) is 27.5. The van der Waals surface area contributed by atoms with Crippen LogP contribution in [0.5, 0.6) is 11.8 Å². The van der Waals surface area contributed by atoms with Gasteiger partial charge >= 0.3 is 6.01 Å². The Morgan fingerprint density at radius 3 is 2.62 bits per heavy atom. The Morgan fingerprint density at radius 1 is 1.02 bits per heavy atom. The summed E-state index contributed by atoms with van der Waals surface area (Å²) in [6, 6.07) is 12.2. The van der Waals surface area contributed by atoms with Gasteiger partial charge in [0, 0.05) is 86.6 Å². The van der Waals surface area contributed by atoms with Crippen molar-refractivity contribution in [1.82, 2.24) is 19.8 Å². The summed E-state index contributed by atoms with van der Waals surface area (Å²) in [6.07, 6.45) is 2.17. The Hall–Kier alpha value is -3.50. The van der Waals surface area contributed by atoms with Crippen molar-refractivity contribution in [2.45, 2.75) is 13.0 Å². The minimum Gasteiger partial charge on any atom is -0.508 e. The fourth-order valence-corrected chi connectivity index (χ4v) is 6.79. The molecule has 4 heterocycles. The highest BCUT2D eigenvalue weighted by Crippen LogP contribution is 2.36. The summed E-state index contributed by atoms with van der Waals surface area (Å²) in [5.74, 6) is 3.48. The van der Waals surface area contributed by atoms with Crippen LogP contribution in [0.1, 0.15) is 11.3 Å². The van der Waals surface area contributed by atoms with Crippen molar-refractivity contribution >= 4 is 39.9 Å². The molecule has 2 saturated heterocycles. The second-order valence-corrected chi connectivity index (χ2v) is 11.7. The first-order chi connectivity index (χ1) is 19.6. The monoisotopic (exact) mass is 560 g/mol. The topological polar surface area (TPSA) is 85.3 Å². The van der Waals surface area contributed by atoms with Crippen molar-refractivity contribution in [3.8, 4) is 11.8 Å². The number of carbonyl (C=O) groups excluding carboxylic acids is 1. The lowest BCUT2D eigenvalue weighted by atomic mass is 10.0. The van der Waals surface area contributed by atoms with Gasteiger partial charge in [0.2, 0.25) is 5.91 Å². The molecule has 0 unspecified atom stereocenters. The van der Waals surface area contributed by atoms with Gasteiger partial charge in [0.1, 0.15) is 18.2 Å². The first-order valence-corrected chi connectivity index (χ1v) is 15.2. The van der Waals surface area contributed by atoms with E-state index in [1.165, 1.54) is 17.6 Å². The van der Waals surface area contributed by atoms with Crippen molar-refractivity contribution in [2.75, 3.05) is 80.3 Å². The summed E-state index contributed by atoms with van der Waals surface area (Å²) in [4.78, 5) is 30.8. The molecule has 0 bridgehead atoms. The average Bonchev–Trinajstić information content (AvgIpc) is 3.00. The van der Waals surface area contributed by atoms with Crippen molar-refractivity contribution < 1.29 is 14.6 Å². The van der Waals surface area contributed by atoms with Gasteiger partial charge in [-0.25, -0.2) is 0 Å². The molecule has 1 N–H and O–H groups in total. The molecule has 3 aromatic rings. The number of phenolic OH excluding ortho intramolecular Hbond substituents is 1. The van der Waals surface area contributed by atoms with Gasteiger partial charge in [0.15, 0.2) is 0 Å². The molecule has 9 nitrogen and oxygen atoms in total. The van der Waals surface area contributed by atoms with E-state index in [9.17, 15) is 9.90 Å². The van der Waals surface area contributed by atoms with Gasteiger partial charge in [0.05, 0.1) is 12.2 Å². The Morgan fingerprint density at radius 2 is 1.82 bits per heavy atom. The van der Waals surface area contributed by atoms with Crippen molar-refractivity contribution in [3.05, 3.63) is 60.3 Å². The molecule has 2 fully saturated rings. The smallest absolute Gasteiger partial charge is 0.318 e. The van der Waals surface area contributed by atoms with Gasteiger partial charge in [-0.05, 0) is 23.9 Å². The predicted molar refractivity (Wildman–Crippen MR) is 161 cm³/mol. The third-order valence-electron chi connectivity index (χ3n) is 8.00. The molecule has 0 atom stereocenters. The standard InChI is InChI=1S/C30H36N6O3S/c1-2-28(38)34-9-11-35(12-10-34)29-25-7-8-36(27-20-23(37)19-22-5-3-4-6-24(22)27)21-26(25)31-30(32-29)39-16-13-33-14-17-40-18-15-33/h2-6,19-20,37H,1,7-18,21H2. The highest BCUT2D eigenvalue weighted by molar-refractivity contribution is 7.99. The Kier molecular flexibility index (Phi) is 7.97. The van der Waals surface area contributed by atoms with Crippen LogP contribution in [0, 0.1) is 0 Å². The van der Waals surface area contributed by atoms with E-state index in [2.05, 4.69) is 27.3 Å².